The molecule has 9 heteroatoms. The molecule has 2 fully saturated rings. The number of anilines is 1. The van der Waals surface area contributed by atoms with Crippen LogP contribution in [0.1, 0.15) is 37.9 Å². The zero-order chi connectivity index (χ0) is 25.3. The molecule has 2 aliphatic rings. The van der Waals surface area contributed by atoms with E-state index < -0.39 is 17.8 Å². The summed E-state index contributed by atoms with van der Waals surface area (Å²) in [6, 6.07) is 13.0. The molecule has 2 saturated heterocycles. The number of thiol groups is 1. The second-order valence-corrected chi connectivity index (χ2v) is 9.98. The Balaban J connectivity index is 1.61. The van der Waals surface area contributed by atoms with E-state index in [9.17, 15) is 17.6 Å². The van der Waals surface area contributed by atoms with Gasteiger partial charge in [0.2, 0.25) is 5.82 Å². The van der Waals surface area contributed by atoms with Crippen LogP contribution >= 0.6 is 12.6 Å². The average molecular weight is 517 g/mol. The normalized spacial score (nSPS) is 18.0. The topological polar surface area (TPSA) is 32.3 Å². The summed E-state index contributed by atoms with van der Waals surface area (Å²) in [6.07, 6.45) is 0.668. The molecule has 0 N–H and O–H groups in total. The van der Waals surface area contributed by atoms with E-state index >= 15 is 0 Å². The minimum Gasteiger partial charge on any atom is -0.356 e. The van der Waals surface area contributed by atoms with Crippen LogP contribution in [0.15, 0.2) is 53.4 Å². The number of hydrogen-bond acceptors (Lipinski definition) is 5. The van der Waals surface area contributed by atoms with Crippen LogP contribution in [-0.2, 0) is 6.18 Å². The third-order valence-electron chi connectivity index (χ3n) is 7.07. The number of piperidine rings is 2. The minimum absolute atomic E-state index is 0.129. The van der Waals surface area contributed by atoms with Gasteiger partial charge in [0.1, 0.15) is 11.6 Å². The summed E-state index contributed by atoms with van der Waals surface area (Å²) < 4.78 is 55.6. The molecule has 1 aromatic heterocycles. The molecule has 190 valence electrons. The van der Waals surface area contributed by atoms with E-state index in [1.54, 1.807) is 18.2 Å². The fraction of sp³-hybridized carbons (Fsp3) is 0.407. The molecule has 3 aromatic rings. The van der Waals surface area contributed by atoms with Crippen molar-refractivity contribution in [3.8, 4) is 22.4 Å². The average Bonchev–Trinajstić information content (AvgIpc) is 2.88. The SMILES string of the molecule is Fc1ccc(-c2nc(C(F)(F)F)nc(N3CCC(N4CCCCC4)CC3)c2-c2cccc(S)c2)cc1. The molecule has 4 nitrogen and oxygen atoms in total. The van der Waals surface area contributed by atoms with E-state index in [4.69, 9.17) is 0 Å². The van der Waals surface area contributed by atoms with Gasteiger partial charge in [0, 0.05) is 29.6 Å². The molecule has 0 aliphatic carbocycles. The van der Waals surface area contributed by atoms with Gasteiger partial charge in [0.05, 0.1) is 11.3 Å². The molecule has 5 rings (SSSR count). The summed E-state index contributed by atoms with van der Waals surface area (Å²) in [5, 5.41) is 0. The number of benzene rings is 2. The summed E-state index contributed by atoms with van der Waals surface area (Å²) >= 11 is 4.45. The Morgan fingerprint density at radius 3 is 2.17 bits per heavy atom. The lowest BCUT2D eigenvalue weighted by Crippen LogP contribution is -2.47. The standard InChI is InChI=1S/C27H28F4N4S/c28-20-9-7-18(8-10-20)24-23(19-5-4-6-22(36)17-19)25(33-26(32-24)27(29,30)31)35-15-11-21(12-16-35)34-13-2-1-3-14-34/h4-10,17,21,36H,1-3,11-16H2. The molecule has 0 radical (unpaired) electrons. The smallest absolute Gasteiger partial charge is 0.356 e. The second kappa shape index (κ2) is 10.4. The van der Waals surface area contributed by atoms with E-state index in [-0.39, 0.29) is 11.5 Å². The molecule has 0 amide bonds. The van der Waals surface area contributed by atoms with Gasteiger partial charge >= 0.3 is 6.18 Å². The molecule has 36 heavy (non-hydrogen) atoms. The van der Waals surface area contributed by atoms with Crippen LogP contribution in [0.3, 0.4) is 0 Å². The number of likely N-dealkylation sites (tertiary alicyclic amines) is 1. The van der Waals surface area contributed by atoms with Crippen LogP contribution in [0.25, 0.3) is 22.4 Å². The number of hydrogen-bond donors (Lipinski definition) is 1. The molecule has 3 heterocycles. The lowest BCUT2D eigenvalue weighted by molar-refractivity contribution is -0.144. The summed E-state index contributed by atoms with van der Waals surface area (Å²) in [7, 11) is 0. The first kappa shape index (κ1) is 25.0. The largest absolute Gasteiger partial charge is 0.451 e. The third-order valence-corrected chi connectivity index (χ3v) is 7.35. The highest BCUT2D eigenvalue weighted by Gasteiger charge is 2.38. The van der Waals surface area contributed by atoms with Crippen molar-refractivity contribution in [3.63, 3.8) is 0 Å². The second-order valence-electron chi connectivity index (χ2n) is 9.46. The quantitative estimate of drug-likeness (QED) is 0.309. The maximum Gasteiger partial charge on any atom is 0.451 e. The first-order chi connectivity index (χ1) is 17.3. The van der Waals surface area contributed by atoms with Crippen LogP contribution in [0.2, 0.25) is 0 Å². The number of nitrogens with zero attached hydrogens (tertiary/aromatic N) is 4. The van der Waals surface area contributed by atoms with E-state index in [1.165, 1.54) is 43.5 Å². The molecule has 0 bridgehead atoms. The molecule has 0 atom stereocenters. The number of halogens is 4. The Kier molecular flexibility index (Phi) is 7.21. The summed E-state index contributed by atoms with van der Waals surface area (Å²) in [6.45, 7) is 3.38. The van der Waals surface area contributed by atoms with Crippen LogP contribution in [0.4, 0.5) is 23.4 Å². The van der Waals surface area contributed by atoms with Crippen molar-refractivity contribution in [2.45, 2.75) is 49.2 Å². The van der Waals surface area contributed by atoms with E-state index in [2.05, 4.69) is 27.5 Å². The molecular weight excluding hydrogens is 488 g/mol. The van der Waals surface area contributed by atoms with Gasteiger partial charge in [0.25, 0.3) is 0 Å². The molecule has 0 unspecified atom stereocenters. The van der Waals surface area contributed by atoms with Crippen molar-refractivity contribution < 1.29 is 17.6 Å². The van der Waals surface area contributed by atoms with Gasteiger partial charge in [-0.2, -0.15) is 13.2 Å². The molecule has 2 aliphatic heterocycles. The molecule has 0 spiro atoms. The molecule has 2 aromatic carbocycles. The molecular formula is C27H28F4N4S. The monoisotopic (exact) mass is 516 g/mol. The van der Waals surface area contributed by atoms with Gasteiger partial charge in [-0.1, -0.05) is 18.6 Å². The van der Waals surface area contributed by atoms with Crippen molar-refractivity contribution in [3.05, 3.63) is 60.2 Å². The van der Waals surface area contributed by atoms with Crippen LogP contribution in [0, 0.1) is 5.82 Å². The van der Waals surface area contributed by atoms with E-state index in [1.807, 2.05) is 11.0 Å². The Morgan fingerprint density at radius 2 is 1.53 bits per heavy atom. The highest BCUT2D eigenvalue weighted by Crippen LogP contribution is 2.41. The van der Waals surface area contributed by atoms with Crippen molar-refractivity contribution in [1.82, 2.24) is 14.9 Å². The summed E-state index contributed by atoms with van der Waals surface area (Å²) in [5.74, 6) is -1.41. The van der Waals surface area contributed by atoms with Gasteiger partial charge in [-0.05, 0) is 80.7 Å². The Bertz CT molecular complexity index is 1200. The Morgan fingerprint density at radius 1 is 0.833 bits per heavy atom. The predicted octanol–water partition coefficient (Wildman–Crippen LogP) is 6.71. The van der Waals surface area contributed by atoms with Gasteiger partial charge in [0.15, 0.2) is 0 Å². The summed E-state index contributed by atoms with van der Waals surface area (Å²) in [4.78, 5) is 13.2. The first-order valence-electron chi connectivity index (χ1n) is 12.3. The third kappa shape index (κ3) is 5.37. The first-order valence-corrected chi connectivity index (χ1v) is 12.8. The fourth-order valence-electron chi connectivity index (χ4n) is 5.27. The summed E-state index contributed by atoms with van der Waals surface area (Å²) in [5.41, 5.74) is 1.70. The molecule has 0 saturated carbocycles. The van der Waals surface area contributed by atoms with Crippen LogP contribution in [0.5, 0.6) is 0 Å². The maximum atomic E-state index is 14.0. The zero-order valence-corrected chi connectivity index (χ0v) is 20.7. The number of rotatable bonds is 4. The van der Waals surface area contributed by atoms with Gasteiger partial charge < -0.3 is 9.80 Å². The van der Waals surface area contributed by atoms with Crippen molar-refractivity contribution in [1.29, 1.82) is 0 Å². The van der Waals surface area contributed by atoms with Gasteiger partial charge in [-0.15, -0.1) is 12.6 Å². The minimum atomic E-state index is -4.72. The predicted molar refractivity (Wildman–Crippen MR) is 136 cm³/mol. The highest BCUT2D eigenvalue weighted by molar-refractivity contribution is 7.80. The maximum absolute atomic E-state index is 14.0. The Labute approximate surface area is 213 Å². The Hall–Kier alpha value is -2.65. The van der Waals surface area contributed by atoms with Crippen LogP contribution < -0.4 is 4.90 Å². The van der Waals surface area contributed by atoms with Crippen LogP contribution in [-0.4, -0.2) is 47.1 Å². The number of alkyl halides is 3. The lowest BCUT2D eigenvalue weighted by atomic mass is 9.96. The zero-order valence-electron chi connectivity index (χ0n) is 19.8. The highest BCUT2D eigenvalue weighted by atomic mass is 32.1. The van der Waals surface area contributed by atoms with Crippen molar-refractivity contribution in [2.75, 3.05) is 31.1 Å². The fourth-order valence-corrected chi connectivity index (χ4v) is 5.50. The van der Waals surface area contributed by atoms with Crippen molar-refractivity contribution in [2.24, 2.45) is 0 Å². The van der Waals surface area contributed by atoms with E-state index in [0.29, 0.717) is 40.7 Å². The lowest BCUT2D eigenvalue weighted by Gasteiger charge is -2.41. The van der Waals surface area contributed by atoms with Gasteiger partial charge in [-0.3, -0.25) is 0 Å². The number of aromatic nitrogens is 2. The van der Waals surface area contributed by atoms with E-state index in [0.717, 1.165) is 25.9 Å². The van der Waals surface area contributed by atoms with Crippen molar-refractivity contribution >= 4 is 18.4 Å². The van der Waals surface area contributed by atoms with Gasteiger partial charge in [-0.25, -0.2) is 14.4 Å².